The van der Waals surface area contributed by atoms with Gasteiger partial charge < -0.3 is 10.1 Å². The van der Waals surface area contributed by atoms with E-state index in [1.807, 2.05) is 30.3 Å². The number of para-hydroxylation sites is 2. The van der Waals surface area contributed by atoms with Gasteiger partial charge in [-0.25, -0.2) is 0 Å². The van der Waals surface area contributed by atoms with Crippen molar-refractivity contribution in [3.63, 3.8) is 0 Å². The van der Waals surface area contributed by atoms with Crippen molar-refractivity contribution in [1.82, 2.24) is 5.32 Å². The van der Waals surface area contributed by atoms with Crippen LogP contribution in [0.15, 0.2) is 54.3 Å². The average Bonchev–Trinajstić information content (AvgIpc) is 2.76. The van der Waals surface area contributed by atoms with E-state index in [-0.39, 0.29) is 30.2 Å². The van der Waals surface area contributed by atoms with Gasteiger partial charge in [-0.2, -0.15) is 0 Å². The topological polar surface area (TPSA) is 58.6 Å². The summed E-state index contributed by atoms with van der Waals surface area (Å²) in [6, 6.07) is 14.6. The number of anilines is 1. The minimum Gasteiger partial charge on any atom is -0.449 e. The van der Waals surface area contributed by atoms with Gasteiger partial charge in [0.1, 0.15) is 6.54 Å². The number of rotatable bonds is 4. The zero-order chi connectivity index (χ0) is 22.0. The number of carbonyl (C=O) groups is 2. The molecule has 6 heteroatoms. The first-order valence-electron chi connectivity index (χ1n) is 10.8. The Morgan fingerprint density at radius 1 is 1.16 bits per heavy atom. The van der Waals surface area contributed by atoms with Crippen molar-refractivity contribution in [3.05, 3.63) is 64.9 Å². The van der Waals surface area contributed by atoms with Crippen LogP contribution >= 0.6 is 11.6 Å². The minimum absolute atomic E-state index is 0.0589. The first kappa shape index (κ1) is 21.4. The van der Waals surface area contributed by atoms with Crippen LogP contribution in [0.25, 0.3) is 6.08 Å². The van der Waals surface area contributed by atoms with E-state index < -0.39 is 0 Å². The molecule has 1 fully saturated rings. The lowest BCUT2D eigenvalue weighted by molar-refractivity contribution is -0.124. The first-order valence-corrected chi connectivity index (χ1v) is 11.2. The highest BCUT2D eigenvalue weighted by Gasteiger charge is 2.33. The van der Waals surface area contributed by atoms with Gasteiger partial charge >= 0.3 is 0 Å². The molecule has 2 aromatic rings. The molecular formula is C25H27ClN2O3. The molecule has 162 valence electrons. The summed E-state index contributed by atoms with van der Waals surface area (Å²) in [5, 5.41) is 3.68. The molecule has 5 nitrogen and oxygen atoms in total. The highest BCUT2D eigenvalue weighted by molar-refractivity contribution is 6.32. The molecule has 4 rings (SSSR count). The number of halogens is 1. The molecule has 3 unspecified atom stereocenters. The fourth-order valence-corrected chi connectivity index (χ4v) is 4.52. The molecule has 2 aliphatic rings. The number of ether oxygens (including phenoxy) is 1. The van der Waals surface area contributed by atoms with Crippen LogP contribution in [0.4, 0.5) is 5.69 Å². The quantitative estimate of drug-likeness (QED) is 0.679. The van der Waals surface area contributed by atoms with E-state index in [0.29, 0.717) is 33.9 Å². The maximum atomic E-state index is 13.3. The second kappa shape index (κ2) is 9.15. The predicted octanol–water partition coefficient (Wildman–Crippen LogP) is 5.05. The monoisotopic (exact) mass is 438 g/mol. The Labute approximate surface area is 188 Å². The third-order valence-corrected chi connectivity index (χ3v) is 6.72. The van der Waals surface area contributed by atoms with Crippen LogP contribution < -0.4 is 15.0 Å². The normalized spacial score (nSPS) is 24.5. The summed E-state index contributed by atoms with van der Waals surface area (Å²) in [6.45, 7) is 4.36. The molecule has 31 heavy (non-hydrogen) atoms. The summed E-state index contributed by atoms with van der Waals surface area (Å²) in [5.41, 5.74) is 1.27. The predicted molar refractivity (Wildman–Crippen MR) is 123 cm³/mol. The molecule has 0 bridgehead atoms. The van der Waals surface area contributed by atoms with Gasteiger partial charge in [-0.15, -0.1) is 0 Å². The minimum atomic E-state index is -0.362. The van der Waals surface area contributed by atoms with E-state index in [1.165, 1.54) is 11.3 Å². The summed E-state index contributed by atoms with van der Waals surface area (Å²) < 4.78 is 5.88. The van der Waals surface area contributed by atoms with Gasteiger partial charge in [0.25, 0.3) is 5.91 Å². The number of nitrogens with zero attached hydrogens (tertiary/aromatic N) is 1. The Bertz CT molecular complexity index is 1020. The molecule has 1 heterocycles. The van der Waals surface area contributed by atoms with E-state index in [4.69, 9.17) is 16.3 Å². The van der Waals surface area contributed by atoms with Crippen LogP contribution in [0, 0.1) is 11.8 Å². The summed E-state index contributed by atoms with van der Waals surface area (Å²) >= 11 is 6.26. The van der Waals surface area contributed by atoms with E-state index in [1.54, 1.807) is 24.3 Å². The van der Waals surface area contributed by atoms with E-state index >= 15 is 0 Å². The van der Waals surface area contributed by atoms with Gasteiger partial charge in [0, 0.05) is 11.1 Å². The number of benzene rings is 2. The van der Waals surface area contributed by atoms with Crippen molar-refractivity contribution < 1.29 is 14.3 Å². The number of nitrogens with one attached hydrogen (secondary N) is 1. The smallest absolute Gasteiger partial charge is 0.294 e. The molecule has 2 amide bonds. The van der Waals surface area contributed by atoms with Crippen LogP contribution in [0.2, 0.25) is 5.02 Å². The zero-order valence-electron chi connectivity index (χ0n) is 17.8. The number of amides is 2. The van der Waals surface area contributed by atoms with Gasteiger partial charge in [-0.3, -0.25) is 14.5 Å². The Morgan fingerprint density at radius 3 is 2.71 bits per heavy atom. The molecule has 1 aliphatic heterocycles. The van der Waals surface area contributed by atoms with Crippen molar-refractivity contribution >= 4 is 35.2 Å². The molecule has 3 atom stereocenters. The van der Waals surface area contributed by atoms with Crippen molar-refractivity contribution in [2.45, 2.75) is 39.2 Å². The highest BCUT2D eigenvalue weighted by atomic mass is 35.5. The molecule has 0 spiro atoms. The van der Waals surface area contributed by atoms with Crippen LogP contribution in [0.5, 0.6) is 5.75 Å². The average molecular weight is 439 g/mol. The lowest BCUT2D eigenvalue weighted by Gasteiger charge is -2.35. The van der Waals surface area contributed by atoms with Gasteiger partial charge in [0.15, 0.2) is 11.5 Å². The van der Waals surface area contributed by atoms with Gasteiger partial charge in [0.2, 0.25) is 5.91 Å². The van der Waals surface area contributed by atoms with Crippen LogP contribution in [-0.2, 0) is 9.59 Å². The van der Waals surface area contributed by atoms with Crippen molar-refractivity contribution in [2.24, 2.45) is 11.8 Å². The van der Waals surface area contributed by atoms with Gasteiger partial charge in [-0.05, 0) is 48.1 Å². The number of carbonyl (C=O) groups excluding carboxylic acids is 2. The first-order chi connectivity index (χ1) is 14.9. The Balaban J connectivity index is 1.58. The van der Waals surface area contributed by atoms with Crippen LogP contribution in [-0.4, -0.2) is 24.4 Å². The van der Waals surface area contributed by atoms with Crippen LogP contribution in [0.3, 0.4) is 0 Å². The Kier molecular flexibility index (Phi) is 6.33. The Hall–Kier alpha value is -2.79. The van der Waals surface area contributed by atoms with Crippen molar-refractivity contribution in [1.29, 1.82) is 0 Å². The third kappa shape index (κ3) is 4.62. The second-order valence-electron chi connectivity index (χ2n) is 8.43. The SMILES string of the molecule is CC1CCCC(NC(=O)CN2C(=O)C(=Cc3ccccc3Cl)Oc3ccccc32)C1C. The maximum absolute atomic E-state index is 13.3. The van der Waals surface area contributed by atoms with E-state index in [0.717, 1.165) is 12.8 Å². The molecule has 0 saturated heterocycles. The molecular weight excluding hydrogens is 412 g/mol. The molecule has 1 aliphatic carbocycles. The second-order valence-corrected chi connectivity index (χ2v) is 8.84. The number of hydrogen-bond acceptors (Lipinski definition) is 3. The molecule has 0 aromatic heterocycles. The largest absolute Gasteiger partial charge is 0.449 e. The number of hydrogen-bond donors (Lipinski definition) is 1. The third-order valence-electron chi connectivity index (χ3n) is 6.38. The summed E-state index contributed by atoms with van der Waals surface area (Å²) in [6.07, 6.45) is 4.90. The fourth-order valence-electron chi connectivity index (χ4n) is 4.33. The summed E-state index contributed by atoms with van der Waals surface area (Å²) in [7, 11) is 0. The summed E-state index contributed by atoms with van der Waals surface area (Å²) in [5.74, 6) is 1.15. The molecule has 1 saturated carbocycles. The van der Waals surface area contributed by atoms with E-state index in [2.05, 4.69) is 19.2 Å². The Morgan fingerprint density at radius 2 is 1.90 bits per heavy atom. The van der Waals surface area contributed by atoms with Gasteiger partial charge in [-0.1, -0.05) is 68.6 Å². The van der Waals surface area contributed by atoms with Crippen molar-refractivity contribution in [2.75, 3.05) is 11.4 Å². The standard InChI is InChI=1S/C25H27ClN2O3/c1-16-8-7-11-20(17(16)2)27-24(29)15-28-21-12-5-6-13-22(21)31-23(25(28)30)14-18-9-3-4-10-19(18)26/h3-6,9-10,12-14,16-17,20H,7-8,11,15H2,1-2H3,(H,27,29). The lowest BCUT2D eigenvalue weighted by atomic mass is 9.78. The van der Waals surface area contributed by atoms with Gasteiger partial charge in [0.05, 0.1) is 5.69 Å². The maximum Gasteiger partial charge on any atom is 0.294 e. The highest BCUT2D eigenvalue weighted by Crippen LogP contribution is 2.36. The number of fused-ring (bicyclic) bond motifs is 1. The molecule has 2 aromatic carbocycles. The zero-order valence-corrected chi connectivity index (χ0v) is 18.6. The molecule has 1 N–H and O–H groups in total. The van der Waals surface area contributed by atoms with E-state index in [9.17, 15) is 9.59 Å². The van der Waals surface area contributed by atoms with Crippen LogP contribution in [0.1, 0.15) is 38.7 Å². The molecule has 0 radical (unpaired) electrons. The lowest BCUT2D eigenvalue weighted by Crippen LogP contribution is -2.49. The summed E-state index contributed by atoms with van der Waals surface area (Å²) in [4.78, 5) is 27.7. The fraction of sp³-hybridized carbons (Fsp3) is 0.360. The van der Waals surface area contributed by atoms with Crippen molar-refractivity contribution in [3.8, 4) is 5.75 Å².